The number of benzene rings is 2. The molecule has 1 aliphatic rings. The molecule has 3 aromatic rings. The lowest BCUT2D eigenvalue weighted by Gasteiger charge is -2.37. The summed E-state index contributed by atoms with van der Waals surface area (Å²) in [7, 11) is 0. The molecule has 0 bridgehead atoms. The fourth-order valence-corrected chi connectivity index (χ4v) is 2.97. The zero-order chi connectivity index (χ0) is 18.8. The smallest absolute Gasteiger partial charge is 0.257 e. The highest BCUT2D eigenvalue weighted by molar-refractivity contribution is 5.97. The summed E-state index contributed by atoms with van der Waals surface area (Å²) >= 11 is 0. The monoisotopic (exact) mass is 363 g/mol. The lowest BCUT2D eigenvalue weighted by atomic mass is 9.98. The number of ether oxygens (including phenoxy) is 1. The Bertz CT molecular complexity index is 931. The minimum absolute atomic E-state index is 0.0543. The van der Waals surface area contributed by atoms with Crippen LogP contribution in [0.3, 0.4) is 0 Å². The molecule has 1 saturated heterocycles. The molecule has 0 radical (unpaired) electrons. The molecule has 1 fully saturated rings. The van der Waals surface area contributed by atoms with E-state index in [-0.39, 0.29) is 17.7 Å². The molecule has 6 heteroatoms. The molecule has 0 spiro atoms. The molecule has 1 aromatic heterocycles. The first-order valence-electron chi connectivity index (χ1n) is 9.06. The van der Waals surface area contributed by atoms with Gasteiger partial charge in [-0.05, 0) is 24.3 Å². The minimum atomic E-state index is -0.0543. The Morgan fingerprint density at radius 1 is 1.11 bits per heavy atom. The quantitative estimate of drug-likeness (QED) is 0.679. The van der Waals surface area contributed by atoms with Gasteiger partial charge in [0.1, 0.15) is 11.5 Å². The summed E-state index contributed by atoms with van der Waals surface area (Å²) in [5.74, 6) is 2.83. The van der Waals surface area contributed by atoms with Gasteiger partial charge in [0, 0.05) is 19.0 Å². The molecular formula is C21H21N3O3. The van der Waals surface area contributed by atoms with Crippen LogP contribution in [0.2, 0.25) is 0 Å². The third-order valence-corrected chi connectivity index (χ3v) is 4.58. The molecule has 138 valence electrons. The summed E-state index contributed by atoms with van der Waals surface area (Å²) in [5, 5.41) is 4.00. The Morgan fingerprint density at radius 2 is 1.81 bits per heavy atom. The number of likely N-dealkylation sites (tertiary alicyclic amines) is 1. The number of hydrogen-bond donors (Lipinski definition) is 0. The molecule has 0 N–H and O–H groups in total. The van der Waals surface area contributed by atoms with Crippen LogP contribution in [0.4, 0.5) is 0 Å². The highest BCUT2D eigenvalue weighted by Gasteiger charge is 2.37. The van der Waals surface area contributed by atoms with E-state index >= 15 is 0 Å². The first-order chi connectivity index (χ1) is 13.1. The molecule has 1 aliphatic heterocycles. The van der Waals surface area contributed by atoms with Gasteiger partial charge in [0.05, 0.1) is 11.5 Å². The van der Waals surface area contributed by atoms with E-state index in [1.165, 1.54) is 0 Å². The fraction of sp³-hybridized carbons (Fsp3) is 0.286. The lowest BCUT2D eigenvalue weighted by Crippen LogP contribution is -2.48. The standard InChI is InChI=1S/C21H21N3O3/c1-14(2)19-22-20(27-23-19)15-12-24(13-15)21(25)17-10-6-7-11-18(17)26-16-8-4-3-5-9-16/h3-11,14-15H,12-13H2,1-2H3. The van der Waals surface area contributed by atoms with Crippen molar-refractivity contribution in [2.45, 2.75) is 25.7 Å². The van der Waals surface area contributed by atoms with E-state index in [0.29, 0.717) is 41.9 Å². The van der Waals surface area contributed by atoms with Crippen molar-refractivity contribution in [2.24, 2.45) is 0 Å². The maximum Gasteiger partial charge on any atom is 0.257 e. The second kappa shape index (κ2) is 7.23. The third-order valence-electron chi connectivity index (χ3n) is 4.58. The number of nitrogens with zero attached hydrogens (tertiary/aromatic N) is 3. The molecule has 0 saturated carbocycles. The maximum atomic E-state index is 12.9. The molecule has 0 aliphatic carbocycles. The van der Waals surface area contributed by atoms with E-state index in [1.807, 2.05) is 62.4 Å². The van der Waals surface area contributed by atoms with Crippen molar-refractivity contribution in [2.75, 3.05) is 13.1 Å². The number of carbonyl (C=O) groups is 1. The number of aromatic nitrogens is 2. The zero-order valence-electron chi connectivity index (χ0n) is 15.3. The Labute approximate surface area is 157 Å². The molecule has 2 heterocycles. The maximum absolute atomic E-state index is 12.9. The molecule has 0 atom stereocenters. The van der Waals surface area contributed by atoms with E-state index in [1.54, 1.807) is 11.0 Å². The first-order valence-corrected chi connectivity index (χ1v) is 9.06. The van der Waals surface area contributed by atoms with E-state index < -0.39 is 0 Å². The average Bonchev–Trinajstić information content (AvgIpc) is 3.12. The van der Waals surface area contributed by atoms with E-state index in [0.717, 1.165) is 0 Å². The van der Waals surface area contributed by atoms with Crippen molar-refractivity contribution >= 4 is 5.91 Å². The highest BCUT2D eigenvalue weighted by atomic mass is 16.5. The first kappa shape index (κ1) is 17.3. The SMILES string of the molecule is CC(C)c1noc(C2CN(C(=O)c3ccccc3Oc3ccccc3)C2)n1. The minimum Gasteiger partial charge on any atom is -0.457 e. The molecular weight excluding hydrogens is 342 g/mol. The summed E-state index contributed by atoms with van der Waals surface area (Å²) < 4.78 is 11.2. The van der Waals surface area contributed by atoms with Crippen LogP contribution in [0.1, 0.15) is 47.8 Å². The van der Waals surface area contributed by atoms with Gasteiger partial charge in [-0.1, -0.05) is 49.3 Å². The van der Waals surface area contributed by atoms with Gasteiger partial charge in [0.25, 0.3) is 5.91 Å². The Kier molecular flexibility index (Phi) is 4.62. The van der Waals surface area contributed by atoms with Gasteiger partial charge in [-0.2, -0.15) is 4.98 Å². The normalized spacial score (nSPS) is 14.3. The van der Waals surface area contributed by atoms with Crippen LogP contribution < -0.4 is 4.74 Å². The van der Waals surface area contributed by atoms with Gasteiger partial charge < -0.3 is 14.2 Å². The Hall–Kier alpha value is -3.15. The highest BCUT2D eigenvalue weighted by Crippen LogP contribution is 2.31. The summed E-state index contributed by atoms with van der Waals surface area (Å²) in [6.45, 7) is 5.18. The predicted molar refractivity (Wildman–Crippen MR) is 100.0 cm³/mol. The summed E-state index contributed by atoms with van der Waals surface area (Å²) in [6.07, 6.45) is 0. The van der Waals surface area contributed by atoms with E-state index in [2.05, 4.69) is 10.1 Å². The Balaban J connectivity index is 1.45. The van der Waals surface area contributed by atoms with Crippen LogP contribution in [0.5, 0.6) is 11.5 Å². The molecule has 1 amide bonds. The van der Waals surface area contributed by atoms with Crippen LogP contribution in [0.15, 0.2) is 59.1 Å². The number of rotatable bonds is 5. The second-order valence-electron chi connectivity index (χ2n) is 6.96. The van der Waals surface area contributed by atoms with Crippen LogP contribution in [-0.2, 0) is 0 Å². The number of carbonyl (C=O) groups excluding carboxylic acids is 1. The van der Waals surface area contributed by atoms with Gasteiger partial charge >= 0.3 is 0 Å². The van der Waals surface area contributed by atoms with Gasteiger partial charge in [0.2, 0.25) is 5.89 Å². The molecule has 0 unspecified atom stereocenters. The number of amides is 1. The van der Waals surface area contributed by atoms with Crippen molar-refractivity contribution in [3.05, 3.63) is 71.9 Å². The molecule has 27 heavy (non-hydrogen) atoms. The van der Waals surface area contributed by atoms with Crippen molar-refractivity contribution in [1.82, 2.24) is 15.0 Å². The van der Waals surface area contributed by atoms with Crippen LogP contribution in [0, 0.1) is 0 Å². The summed E-state index contributed by atoms with van der Waals surface area (Å²) in [4.78, 5) is 19.1. The van der Waals surface area contributed by atoms with Crippen molar-refractivity contribution in [3.63, 3.8) is 0 Å². The van der Waals surface area contributed by atoms with Crippen LogP contribution >= 0.6 is 0 Å². The fourth-order valence-electron chi connectivity index (χ4n) is 2.97. The van der Waals surface area contributed by atoms with Gasteiger partial charge in [-0.3, -0.25) is 4.79 Å². The van der Waals surface area contributed by atoms with Gasteiger partial charge in [-0.25, -0.2) is 0 Å². The van der Waals surface area contributed by atoms with Gasteiger partial charge in [-0.15, -0.1) is 0 Å². The van der Waals surface area contributed by atoms with E-state index in [9.17, 15) is 4.79 Å². The van der Waals surface area contributed by atoms with Crippen molar-refractivity contribution < 1.29 is 14.1 Å². The van der Waals surface area contributed by atoms with Crippen LogP contribution in [0.25, 0.3) is 0 Å². The molecule has 6 nitrogen and oxygen atoms in total. The van der Waals surface area contributed by atoms with Gasteiger partial charge in [0.15, 0.2) is 5.82 Å². The third kappa shape index (κ3) is 3.56. The van der Waals surface area contributed by atoms with Crippen molar-refractivity contribution in [1.29, 1.82) is 0 Å². The lowest BCUT2D eigenvalue weighted by molar-refractivity contribution is 0.0566. The topological polar surface area (TPSA) is 68.5 Å². The average molecular weight is 363 g/mol. The molecule has 4 rings (SSSR count). The van der Waals surface area contributed by atoms with E-state index in [4.69, 9.17) is 9.26 Å². The number of para-hydroxylation sites is 2. The zero-order valence-corrected chi connectivity index (χ0v) is 15.3. The second-order valence-corrected chi connectivity index (χ2v) is 6.96. The Morgan fingerprint density at radius 3 is 2.52 bits per heavy atom. The molecule has 2 aromatic carbocycles. The summed E-state index contributed by atoms with van der Waals surface area (Å²) in [5.41, 5.74) is 0.549. The summed E-state index contributed by atoms with van der Waals surface area (Å²) in [6, 6.07) is 16.8. The predicted octanol–water partition coefficient (Wildman–Crippen LogP) is 4.22. The largest absolute Gasteiger partial charge is 0.457 e. The number of hydrogen-bond acceptors (Lipinski definition) is 5. The van der Waals surface area contributed by atoms with Crippen molar-refractivity contribution in [3.8, 4) is 11.5 Å². The van der Waals surface area contributed by atoms with Crippen LogP contribution in [-0.4, -0.2) is 34.0 Å².